The van der Waals surface area contributed by atoms with Crippen LogP contribution in [0, 0.1) is 0 Å². The van der Waals surface area contributed by atoms with Gasteiger partial charge in [-0.05, 0) is 48.5 Å². The van der Waals surface area contributed by atoms with E-state index in [0.717, 1.165) is 5.56 Å². The summed E-state index contributed by atoms with van der Waals surface area (Å²) in [5.41, 5.74) is 2.80. The zero-order valence-corrected chi connectivity index (χ0v) is 16.8. The molecule has 0 unspecified atom stereocenters. The molecule has 150 valence electrons. The maximum Gasteiger partial charge on any atom is 0.234 e. The van der Waals surface area contributed by atoms with Crippen LogP contribution in [0.25, 0.3) is 17.0 Å². The van der Waals surface area contributed by atoms with Gasteiger partial charge in [0.25, 0.3) is 0 Å². The number of pyridine rings is 1. The Morgan fingerprint density at radius 1 is 0.933 bits per heavy atom. The van der Waals surface area contributed by atoms with E-state index in [1.165, 1.54) is 18.7 Å². The molecule has 0 aliphatic heterocycles. The van der Waals surface area contributed by atoms with Crippen molar-refractivity contribution in [3.63, 3.8) is 0 Å². The molecule has 1 aromatic carbocycles. The number of nitrogens with zero attached hydrogens (tertiary/aromatic N) is 5. The lowest BCUT2D eigenvalue weighted by Gasteiger charge is -2.07. The Bertz CT molecular complexity index is 1190. The van der Waals surface area contributed by atoms with Crippen LogP contribution < -0.4 is 10.6 Å². The Morgan fingerprint density at radius 2 is 1.63 bits per heavy atom. The lowest BCUT2D eigenvalue weighted by Crippen LogP contribution is -2.14. The van der Waals surface area contributed by atoms with Gasteiger partial charge in [-0.15, -0.1) is 10.2 Å². The van der Waals surface area contributed by atoms with E-state index >= 15 is 0 Å². The Balaban J connectivity index is 1.41. The fraction of sp³-hybridized carbons (Fsp3) is 0.100. The molecular weight excluding hydrogens is 402 g/mol. The maximum atomic E-state index is 12.3. The Hall–Kier alpha value is -3.79. The van der Waals surface area contributed by atoms with E-state index in [0.29, 0.717) is 27.9 Å². The minimum Gasteiger partial charge on any atom is -0.326 e. The van der Waals surface area contributed by atoms with Gasteiger partial charge in [0, 0.05) is 36.3 Å². The molecule has 0 aliphatic rings. The molecule has 3 aromatic heterocycles. The van der Waals surface area contributed by atoms with Gasteiger partial charge in [0.05, 0.1) is 5.75 Å². The number of nitrogens with one attached hydrogen (secondary N) is 2. The molecule has 4 aromatic rings. The highest BCUT2D eigenvalue weighted by molar-refractivity contribution is 7.99. The predicted molar refractivity (Wildman–Crippen MR) is 114 cm³/mol. The second-order valence-corrected chi connectivity index (χ2v) is 7.29. The molecule has 9 nitrogen and oxygen atoms in total. The summed E-state index contributed by atoms with van der Waals surface area (Å²) >= 11 is 1.31. The van der Waals surface area contributed by atoms with E-state index < -0.39 is 0 Å². The lowest BCUT2D eigenvalue weighted by atomic mass is 10.2. The third-order valence-electron chi connectivity index (χ3n) is 4.02. The van der Waals surface area contributed by atoms with E-state index in [1.807, 2.05) is 18.2 Å². The van der Waals surface area contributed by atoms with Gasteiger partial charge in [-0.3, -0.25) is 14.6 Å². The highest BCUT2D eigenvalue weighted by Crippen LogP contribution is 2.21. The Morgan fingerprint density at radius 3 is 2.33 bits per heavy atom. The molecule has 0 saturated heterocycles. The number of carbonyl (C=O) groups is 2. The van der Waals surface area contributed by atoms with Crippen molar-refractivity contribution in [1.82, 2.24) is 24.8 Å². The minimum atomic E-state index is -0.160. The third-order valence-corrected chi connectivity index (χ3v) is 4.94. The molecule has 0 radical (unpaired) electrons. The molecular formula is C20H17N7O2S. The number of aromatic nitrogens is 5. The number of hydrogen-bond acceptors (Lipinski definition) is 7. The van der Waals surface area contributed by atoms with Crippen LogP contribution in [0.1, 0.15) is 6.92 Å². The summed E-state index contributed by atoms with van der Waals surface area (Å²) in [5.74, 6) is 0.497. The fourth-order valence-corrected chi connectivity index (χ4v) is 3.36. The van der Waals surface area contributed by atoms with Gasteiger partial charge in [0.1, 0.15) is 5.03 Å². The highest BCUT2D eigenvalue weighted by atomic mass is 32.2. The van der Waals surface area contributed by atoms with E-state index in [-0.39, 0.29) is 17.6 Å². The first-order chi connectivity index (χ1) is 14.6. The molecule has 0 spiro atoms. The first-order valence-electron chi connectivity index (χ1n) is 9.02. The largest absolute Gasteiger partial charge is 0.326 e. The smallest absolute Gasteiger partial charge is 0.234 e. The predicted octanol–water partition coefficient (Wildman–Crippen LogP) is 2.88. The first kappa shape index (κ1) is 19.5. The SMILES string of the molecule is CC(=O)Nc1ccc(NC(=O)CSc2ccc3nnc(-c4ccncc4)n3n2)cc1. The van der Waals surface area contributed by atoms with Crippen molar-refractivity contribution >= 4 is 40.6 Å². The van der Waals surface area contributed by atoms with Gasteiger partial charge in [-0.2, -0.15) is 9.61 Å². The van der Waals surface area contributed by atoms with Crippen LogP contribution >= 0.6 is 11.8 Å². The summed E-state index contributed by atoms with van der Waals surface area (Å²) in [4.78, 5) is 27.4. The quantitative estimate of drug-likeness (QED) is 0.462. The van der Waals surface area contributed by atoms with Crippen LogP contribution in [-0.2, 0) is 9.59 Å². The van der Waals surface area contributed by atoms with E-state index in [4.69, 9.17) is 0 Å². The standard InChI is InChI=1S/C20H17N7O2S/c1-13(28)22-15-2-4-16(5-3-15)23-18(29)12-30-19-7-6-17-24-25-20(27(17)26-19)14-8-10-21-11-9-14/h2-11H,12H2,1H3,(H,22,28)(H,23,29). The molecule has 3 heterocycles. The molecule has 0 atom stereocenters. The number of amides is 2. The minimum absolute atomic E-state index is 0.146. The summed E-state index contributed by atoms with van der Waals surface area (Å²) < 4.78 is 1.65. The molecule has 2 amide bonds. The van der Waals surface area contributed by atoms with Gasteiger partial charge in [-0.25, -0.2) is 0 Å². The second kappa shape index (κ2) is 8.70. The van der Waals surface area contributed by atoms with E-state index in [9.17, 15) is 9.59 Å². The normalized spacial score (nSPS) is 10.7. The second-order valence-electron chi connectivity index (χ2n) is 6.30. The van der Waals surface area contributed by atoms with Crippen LogP contribution in [0.4, 0.5) is 11.4 Å². The number of benzene rings is 1. The summed E-state index contributed by atoms with van der Waals surface area (Å²) in [6.45, 7) is 1.44. The van der Waals surface area contributed by atoms with Crippen molar-refractivity contribution in [3.05, 3.63) is 60.9 Å². The average molecular weight is 419 g/mol. The molecule has 0 bridgehead atoms. The average Bonchev–Trinajstić information content (AvgIpc) is 3.17. The summed E-state index contributed by atoms with van der Waals surface area (Å²) in [6, 6.07) is 14.2. The number of hydrogen-bond donors (Lipinski definition) is 2. The van der Waals surface area contributed by atoms with Crippen molar-refractivity contribution in [2.45, 2.75) is 11.9 Å². The Kier molecular flexibility index (Phi) is 5.66. The van der Waals surface area contributed by atoms with Gasteiger partial charge in [0.2, 0.25) is 11.8 Å². The fourth-order valence-electron chi connectivity index (χ4n) is 2.71. The summed E-state index contributed by atoms with van der Waals surface area (Å²) in [6.07, 6.45) is 3.37. The van der Waals surface area contributed by atoms with Crippen molar-refractivity contribution < 1.29 is 9.59 Å². The highest BCUT2D eigenvalue weighted by Gasteiger charge is 2.11. The molecule has 4 rings (SSSR count). The number of carbonyl (C=O) groups excluding carboxylic acids is 2. The zero-order chi connectivity index (χ0) is 20.9. The van der Waals surface area contributed by atoms with Crippen molar-refractivity contribution in [2.24, 2.45) is 0 Å². The Labute approximate surface area is 175 Å². The van der Waals surface area contributed by atoms with Gasteiger partial charge in [-0.1, -0.05) is 11.8 Å². The molecule has 2 N–H and O–H groups in total. The number of rotatable bonds is 6. The monoisotopic (exact) mass is 419 g/mol. The maximum absolute atomic E-state index is 12.3. The summed E-state index contributed by atoms with van der Waals surface area (Å²) in [7, 11) is 0. The van der Waals surface area contributed by atoms with Crippen LogP contribution in [0.5, 0.6) is 0 Å². The van der Waals surface area contributed by atoms with Crippen LogP contribution in [-0.4, -0.2) is 42.4 Å². The van der Waals surface area contributed by atoms with Gasteiger partial charge < -0.3 is 10.6 Å². The van der Waals surface area contributed by atoms with Crippen molar-refractivity contribution in [3.8, 4) is 11.4 Å². The number of anilines is 2. The topological polar surface area (TPSA) is 114 Å². The van der Waals surface area contributed by atoms with Gasteiger partial charge in [0.15, 0.2) is 11.5 Å². The van der Waals surface area contributed by atoms with Crippen molar-refractivity contribution in [2.75, 3.05) is 16.4 Å². The third kappa shape index (κ3) is 4.61. The van der Waals surface area contributed by atoms with Gasteiger partial charge >= 0.3 is 0 Å². The number of fused-ring (bicyclic) bond motifs is 1. The molecule has 30 heavy (non-hydrogen) atoms. The van der Waals surface area contributed by atoms with Crippen LogP contribution in [0.15, 0.2) is 66.0 Å². The molecule has 0 fully saturated rings. The molecule has 0 saturated carbocycles. The van der Waals surface area contributed by atoms with E-state index in [2.05, 4.69) is 30.9 Å². The lowest BCUT2D eigenvalue weighted by molar-refractivity contribution is -0.114. The van der Waals surface area contributed by atoms with Crippen LogP contribution in [0.2, 0.25) is 0 Å². The number of thioether (sulfide) groups is 1. The van der Waals surface area contributed by atoms with Crippen LogP contribution in [0.3, 0.4) is 0 Å². The van der Waals surface area contributed by atoms with E-state index in [1.54, 1.807) is 47.2 Å². The zero-order valence-electron chi connectivity index (χ0n) is 15.9. The molecule has 10 heteroatoms. The summed E-state index contributed by atoms with van der Waals surface area (Å²) in [5, 5.41) is 19.0. The first-order valence-corrected chi connectivity index (χ1v) is 10.0. The molecule has 0 aliphatic carbocycles. The van der Waals surface area contributed by atoms with Crippen molar-refractivity contribution in [1.29, 1.82) is 0 Å².